The molecule has 0 radical (unpaired) electrons. The van der Waals surface area contributed by atoms with E-state index >= 15 is 0 Å². The van der Waals surface area contributed by atoms with Gasteiger partial charge in [0.05, 0.1) is 11.4 Å². The molecule has 12 heteroatoms. The lowest BCUT2D eigenvalue weighted by Gasteiger charge is -2.21. The number of pyridine rings is 1. The number of hydrogen-bond donors (Lipinski definition) is 1. The van der Waals surface area contributed by atoms with Gasteiger partial charge in [-0.2, -0.15) is 19.8 Å². The SMILES string of the molecule is CC1Oc2cc(cnc2N)-c2c(nn(C)c2C#N)Cn2nnc(=O)n2-c2ccc(F)cc21. The maximum Gasteiger partial charge on any atom is 0.388 e. The van der Waals surface area contributed by atoms with Gasteiger partial charge in [-0.3, -0.25) is 4.68 Å². The van der Waals surface area contributed by atoms with Crippen LogP contribution in [0.3, 0.4) is 0 Å². The van der Waals surface area contributed by atoms with E-state index < -0.39 is 17.6 Å². The summed E-state index contributed by atoms with van der Waals surface area (Å²) < 4.78 is 22.8. The topological polar surface area (TPSA) is 142 Å². The molecular weight excluding hydrogens is 417 g/mol. The van der Waals surface area contributed by atoms with Crippen molar-refractivity contribution < 1.29 is 9.13 Å². The Bertz CT molecular complexity index is 1480. The molecule has 160 valence electrons. The van der Waals surface area contributed by atoms with E-state index in [1.165, 1.54) is 38.6 Å². The van der Waals surface area contributed by atoms with Crippen LogP contribution < -0.4 is 16.2 Å². The van der Waals surface area contributed by atoms with Crippen molar-refractivity contribution in [1.82, 2.24) is 34.6 Å². The quantitative estimate of drug-likeness (QED) is 0.437. The van der Waals surface area contributed by atoms with Crippen molar-refractivity contribution in [3.8, 4) is 28.6 Å². The molecule has 5 rings (SSSR count). The summed E-state index contributed by atoms with van der Waals surface area (Å²) in [6.45, 7) is 1.72. The Balaban J connectivity index is 1.86. The van der Waals surface area contributed by atoms with Gasteiger partial charge in [0.25, 0.3) is 0 Å². The fraction of sp³-hybridized carbons (Fsp3) is 0.200. The lowest BCUT2D eigenvalue weighted by Crippen LogP contribution is -2.25. The van der Waals surface area contributed by atoms with Gasteiger partial charge in [-0.25, -0.2) is 14.2 Å². The Morgan fingerprint density at radius 1 is 1.34 bits per heavy atom. The lowest BCUT2D eigenvalue weighted by atomic mass is 10.0. The number of nitrogen functional groups attached to an aromatic ring is 1. The van der Waals surface area contributed by atoms with Gasteiger partial charge in [0.15, 0.2) is 11.6 Å². The van der Waals surface area contributed by atoms with Gasteiger partial charge in [0.2, 0.25) is 0 Å². The molecule has 11 nitrogen and oxygen atoms in total. The summed E-state index contributed by atoms with van der Waals surface area (Å²) in [5.41, 5.74) is 7.92. The number of halogens is 1. The third kappa shape index (κ3) is 2.90. The van der Waals surface area contributed by atoms with Crippen molar-refractivity contribution in [2.24, 2.45) is 7.05 Å². The molecule has 0 spiro atoms. The minimum absolute atomic E-state index is 0.0197. The maximum absolute atomic E-state index is 14.1. The smallest absolute Gasteiger partial charge is 0.388 e. The van der Waals surface area contributed by atoms with E-state index in [0.717, 1.165) is 0 Å². The number of hydrogen-bond acceptors (Lipinski definition) is 8. The molecule has 1 unspecified atom stereocenters. The lowest BCUT2D eigenvalue weighted by molar-refractivity contribution is 0.226. The molecule has 1 aliphatic rings. The van der Waals surface area contributed by atoms with Crippen molar-refractivity contribution in [3.63, 3.8) is 0 Å². The van der Waals surface area contributed by atoms with Crippen LogP contribution in [0.25, 0.3) is 16.8 Å². The van der Waals surface area contributed by atoms with Crippen LogP contribution in [0.2, 0.25) is 0 Å². The number of nitrogens with two attached hydrogens (primary N) is 1. The summed E-state index contributed by atoms with van der Waals surface area (Å²) in [6, 6.07) is 7.77. The highest BCUT2D eigenvalue weighted by atomic mass is 19.1. The highest BCUT2D eigenvalue weighted by Gasteiger charge is 2.25. The van der Waals surface area contributed by atoms with Crippen LogP contribution in [-0.4, -0.2) is 34.6 Å². The Labute approximate surface area is 180 Å². The number of benzene rings is 1. The molecule has 1 atom stereocenters. The maximum atomic E-state index is 14.1. The normalized spacial score (nSPS) is 14.8. The van der Waals surface area contributed by atoms with E-state index in [1.54, 1.807) is 20.0 Å². The molecular formula is C20H16FN9O2. The van der Waals surface area contributed by atoms with Crippen LogP contribution in [0.4, 0.5) is 10.2 Å². The summed E-state index contributed by atoms with van der Waals surface area (Å²) in [5.74, 6) is -0.115. The van der Waals surface area contributed by atoms with Gasteiger partial charge in [0, 0.05) is 29.9 Å². The van der Waals surface area contributed by atoms with E-state index in [-0.39, 0.29) is 18.1 Å². The average Bonchev–Trinajstić information content (AvgIpc) is 3.27. The Hall–Kier alpha value is -4.53. The van der Waals surface area contributed by atoms with Crippen LogP contribution >= 0.6 is 0 Å². The number of tetrazole rings is 1. The van der Waals surface area contributed by atoms with Gasteiger partial charge >= 0.3 is 5.69 Å². The van der Waals surface area contributed by atoms with Crippen LogP contribution in [-0.2, 0) is 13.6 Å². The van der Waals surface area contributed by atoms with E-state index in [4.69, 9.17) is 10.5 Å². The van der Waals surface area contributed by atoms with Gasteiger partial charge in [-0.1, -0.05) is 5.10 Å². The number of nitriles is 1. The molecule has 0 fully saturated rings. The van der Waals surface area contributed by atoms with Gasteiger partial charge in [-0.15, -0.1) is 0 Å². The van der Waals surface area contributed by atoms with E-state index in [2.05, 4.69) is 26.5 Å². The predicted octanol–water partition coefficient (Wildman–Crippen LogP) is 1.32. The Morgan fingerprint density at radius 3 is 2.94 bits per heavy atom. The molecule has 0 saturated carbocycles. The zero-order chi connectivity index (χ0) is 22.6. The first-order valence-electron chi connectivity index (χ1n) is 9.58. The highest BCUT2D eigenvalue weighted by molar-refractivity contribution is 5.73. The van der Waals surface area contributed by atoms with E-state index in [0.29, 0.717) is 33.8 Å². The largest absolute Gasteiger partial charge is 0.482 e. The average molecular weight is 433 g/mol. The third-order valence-corrected chi connectivity index (χ3v) is 5.29. The first-order chi connectivity index (χ1) is 15.4. The number of rotatable bonds is 0. The van der Waals surface area contributed by atoms with Crippen molar-refractivity contribution >= 4 is 5.82 Å². The van der Waals surface area contributed by atoms with Crippen LogP contribution in [0, 0.1) is 17.1 Å². The van der Waals surface area contributed by atoms with Gasteiger partial charge < -0.3 is 10.5 Å². The van der Waals surface area contributed by atoms with Crippen LogP contribution in [0.5, 0.6) is 5.75 Å². The van der Waals surface area contributed by atoms with Crippen molar-refractivity contribution in [3.05, 3.63) is 63.7 Å². The summed E-state index contributed by atoms with van der Waals surface area (Å²) in [5, 5.41) is 21.8. The van der Waals surface area contributed by atoms with E-state index in [1.807, 2.05) is 0 Å². The molecule has 0 aliphatic carbocycles. The molecule has 1 aromatic carbocycles. The summed E-state index contributed by atoms with van der Waals surface area (Å²) in [4.78, 5) is 18.1. The summed E-state index contributed by atoms with van der Waals surface area (Å²) >= 11 is 0. The van der Waals surface area contributed by atoms with E-state index in [9.17, 15) is 14.4 Å². The monoisotopic (exact) mass is 433 g/mol. The first kappa shape index (κ1) is 19.4. The second-order valence-electron chi connectivity index (χ2n) is 7.29. The molecule has 2 N–H and O–H groups in total. The van der Waals surface area contributed by atoms with Crippen molar-refractivity contribution in [2.75, 3.05) is 5.73 Å². The molecule has 0 saturated heterocycles. The summed E-state index contributed by atoms with van der Waals surface area (Å²) in [6.07, 6.45) is 0.806. The molecule has 1 aliphatic heterocycles. The van der Waals surface area contributed by atoms with Crippen LogP contribution in [0.1, 0.15) is 30.0 Å². The number of aromatic nitrogens is 7. The van der Waals surface area contributed by atoms with Gasteiger partial charge in [0.1, 0.15) is 30.2 Å². The third-order valence-electron chi connectivity index (χ3n) is 5.29. The Morgan fingerprint density at radius 2 is 2.16 bits per heavy atom. The number of nitrogens with zero attached hydrogens (tertiary/aromatic N) is 8. The van der Waals surface area contributed by atoms with Crippen molar-refractivity contribution in [2.45, 2.75) is 19.6 Å². The fourth-order valence-electron chi connectivity index (χ4n) is 3.84. The minimum atomic E-state index is -0.710. The first-order valence-corrected chi connectivity index (χ1v) is 9.58. The minimum Gasteiger partial charge on any atom is -0.482 e. The molecule has 2 bridgehead atoms. The van der Waals surface area contributed by atoms with Crippen LogP contribution in [0.15, 0.2) is 35.3 Å². The molecule has 3 aromatic heterocycles. The number of fused-ring (bicyclic) bond motifs is 7. The molecule has 0 amide bonds. The number of ether oxygens (including phenoxy) is 1. The molecule has 4 aromatic rings. The Kier molecular flexibility index (Phi) is 4.26. The standard InChI is InChI=1S/C20H16FN9O2/c1-10-13-6-12(21)3-4-15(13)30-20(31)25-27-29(30)9-14-18(16(7-22)28(2)26-14)11-5-17(32-10)19(23)24-8-11/h3-6,8,10H,9H2,1-2H3,(H2,23,24). The predicted molar refractivity (Wildman–Crippen MR) is 109 cm³/mol. The second-order valence-corrected chi connectivity index (χ2v) is 7.29. The van der Waals surface area contributed by atoms with Gasteiger partial charge in [-0.05, 0) is 36.4 Å². The molecule has 32 heavy (non-hydrogen) atoms. The molecule has 4 heterocycles. The fourth-order valence-corrected chi connectivity index (χ4v) is 3.84. The zero-order valence-corrected chi connectivity index (χ0v) is 17.0. The number of anilines is 1. The summed E-state index contributed by atoms with van der Waals surface area (Å²) in [7, 11) is 1.64. The zero-order valence-electron chi connectivity index (χ0n) is 17.0. The second kappa shape index (κ2) is 7.02. The van der Waals surface area contributed by atoms with Crippen molar-refractivity contribution in [1.29, 1.82) is 5.26 Å². The highest BCUT2D eigenvalue weighted by Crippen LogP contribution is 2.35. The number of aryl methyl sites for hydroxylation is 1.